The molecule has 1 atom stereocenters. The van der Waals surface area contributed by atoms with Crippen molar-refractivity contribution >= 4 is 0 Å². The summed E-state index contributed by atoms with van der Waals surface area (Å²) >= 11 is 0. The fourth-order valence-corrected chi connectivity index (χ4v) is 2.71. The molecule has 104 valence electrons. The first kappa shape index (κ1) is 13.2. The second-order valence-corrected chi connectivity index (χ2v) is 5.47. The summed E-state index contributed by atoms with van der Waals surface area (Å²) in [5, 5.41) is 0. The molecule has 1 heterocycles. The predicted octanol–water partition coefficient (Wildman–Crippen LogP) is 2.65. The molecule has 1 aliphatic carbocycles. The Morgan fingerprint density at radius 2 is 2.25 bits per heavy atom. The van der Waals surface area contributed by atoms with Crippen molar-refractivity contribution in [3.8, 4) is 11.4 Å². The van der Waals surface area contributed by atoms with Gasteiger partial charge in [-0.15, -0.1) is 0 Å². The number of rotatable bonds is 2. The highest BCUT2D eigenvalue weighted by molar-refractivity contribution is 5.56. The third kappa shape index (κ3) is 2.43. The largest absolute Gasteiger partial charge is 0.330 e. The zero-order valence-corrected chi connectivity index (χ0v) is 11.6. The van der Waals surface area contributed by atoms with Crippen LogP contribution in [0, 0.1) is 18.7 Å². The first-order chi connectivity index (χ1) is 9.67. The van der Waals surface area contributed by atoms with E-state index < -0.39 is 0 Å². The molecule has 4 heteroatoms. The van der Waals surface area contributed by atoms with Crippen LogP contribution in [-0.2, 0) is 12.8 Å². The topological polar surface area (TPSA) is 51.8 Å². The van der Waals surface area contributed by atoms with Gasteiger partial charge in [0.1, 0.15) is 5.82 Å². The van der Waals surface area contributed by atoms with E-state index in [9.17, 15) is 4.39 Å². The molecule has 20 heavy (non-hydrogen) atoms. The van der Waals surface area contributed by atoms with Crippen molar-refractivity contribution in [3.05, 3.63) is 47.0 Å². The van der Waals surface area contributed by atoms with Crippen LogP contribution >= 0.6 is 0 Å². The summed E-state index contributed by atoms with van der Waals surface area (Å²) in [5.41, 5.74) is 9.54. The molecular weight excluding hydrogens is 253 g/mol. The highest BCUT2D eigenvalue weighted by atomic mass is 19.1. The van der Waals surface area contributed by atoms with Crippen LogP contribution in [0.25, 0.3) is 11.4 Å². The molecule has 0 radical (unpaired) electrons. The Labute approximate surface area is 118 Å². The normalized spacial score (nSPS) is 17.9. The lowest BCUT2D eigenvalue weighted by atomic mass is 9.87. The maximum atomic E-state index is 13.3. The molecule has 1 unspecified atom stereocenters. The molecule has 1 aromatic heterocycles. The molecule has 3 nitrogen and oxygen atoms in total. The van der Waals surface area contributed by atoms with E-state index in [1.54, 1.807) is 19.1 Å². The third-order valence-corrected chi connectivity index (χ3v) is 4.00. The summed E-state index contributed by atoms with van der Waals surface area (Å²) in [6, 6.07) is 5.00. The lowest BCUT2D eigenvalue weighted by Gasteiger charge is -2.22. The summed E-state index contributed by atoms with van der Waals surface area (Å²) in [6.45, 7) is 2.47. The zero-order valence-electron chi connectivity index (χ0n) is 11.6. The minimum atomic E-state index is -0.197. The fourth-order valence-electron chi connectivity index (χ4n) is 2.71. The number of aromatic nitrogens is 2. The van der Waals surface area contributed by atoms with E-state index in [0.717, 1.165) is 37.1 Å². The van der Waals surface area contributed by atoms with Gasteiger partial charge < -0.3 is 5.73 Å². The maximum absolute atomic E-state index is 13.3. The van der Waals surface area contributed by atoms with E-state index in [4.69, 9.17) is 5.73 Å². The van der Waals surface area contributed by atoms with Crippen LogP contribution in [0.15, 0.2) is 24.4 Å². The van der Waals surface area contributed by atoms with E-state index in [1.165, 1.54) is 11.6 Å². The van der Waals surface area contributed by atoms with E-state index in [2.05, 4.69) is 9.97 Å². The molecule has 0 aliphatic heterocycles. The Hall–Kier alpha value is -1.81. The Morgan fingerprint density at radius 1 is 1.40 bits per heavy atom. The van der Waals surface area contributed by atoms with Crippen molar-refractivity contribution in [1.29, 1.82) is 0 Å². The van der Waals surface area contributed by atoms with Gasteiger partial charge in [-0.2, -0.15) is 0 Å². The van der Waals surface area contributed by atoms with Crippen molar-refractivity contribution in [2.24, 2.45) is 11.7 Å². The molecule has 0 bridgehead atoms. The average Bonchev–Trinajstić information content (AvgIpc) is 2.49. The molecule has 0 saturated heterocycles. The molecule has 2 aromatic rings. The fraction of sp³-hybridized carbons (Fsp3) is 0.375. The number of benzene rings is 1. The Morgan fingerprint density at radius 3 is 3.00 bits per heavy atom. The smallest absolute Gasteiger partial charge is 0.159 e. The van der Waals surface area contributed by atoms with Gasteiger partial charge in [0.2, 0.25) is 0 Å². The van der Waals surface area contributed by atoms with Gasteiger partial charge in [0, 0.05) is 17.5 Å². The van der Waals surface area contributed by atoms with Crippen LogP contribution in [0.5, 0.6) is 0 Å². The highest BCUT2D eigenvalue weighted by Crippen LogP contribution is 2.26. The number of halogens is 1. The number of aryl methyl sites for hydroxylation is 2. The molecule has 0 spiro atoms. The first-order valence-corrected chi connectivity index (χ1v) is 6.98. The predicted molar refractivity (Wildman–Crippen MR) is 76.7 cm³/mol. The lowest BCUT2D eigenvalue weighted by Crippen LogP contribution is -2.23. The number of hydrogen-bond donors (Lipinski definition) is 1. The van der Waals surface area contributed by atoms with E-state index >= 15 is 0 Å². The molecule has 3 rings (SSSR count). The summed E-state index contributed by atoms with van der Waals surface area (Å²) in [7, 11) is 0. The summed E-state index contributed by atoms with van der Waals surface area (Å²) in [5.74, 6) is 1.03. The summed E-state index contributed by atoms with van der Waals surface area (Å²) < 4.78 is 13.3. The van der Waals surface area contributed by atoms with Crippen molar-refractivity contribution in [1.82, 2.24) is 9.97 Å². The SMILES string of the molecule is Cc1cc(-c2ncc3c(n2)CCC(CN)C3)ccc1F. The minimum Gasteiger partial charge on any atom is -0.330 e. The minimum absolute atomic E-state index is 0.197. The molecule has 0 saturated carbocycles. The highest BCUT2D eigenvalue weighted by Gasteiger charge is 2.19. The van der Waals surface area contributed by atoms with Crippen LogP contribution in [0.1, 0.15) is 23.2 Å². The van der Waals surface area contributed by atoms with Gasteiger partial charge in [-0.25, -0.2) is 14.4 Å². The van der Waals surface area contributed by atoms with Gasteiger partial charge >= 0.3 is 0 Å². The lowest BCUT2D eigenvalue weighted by molar-refractivity contribution is 0.462. The van der Waals surface area contributed by atoms with Crippen LogP contribution < -0.4 is 5.73 Å². The third-order valence-electron chi connectivity index (χ3n) is 4.00. The van der Waals surface area contributed by atoms with Crippen LogP contribution in [0.2, 0.25) is 0 Å². The van der Waals surface area contributed by atoms with Crippen molar-refractivity contribution < 1.29 is 4.39 Å². The Bertz CT molecular complexity index is 640. The van der Waals surface area contributed by atoms with E-state index in [1.807, 2.05) is 6.20 Å². The maximum Gasteiger partial charge on any atom is 0.159 e. The number of nitrogens with two attached hydrogens (primary N) is 1. The molecule has 0 fully saturated rings. The molecule has 1 aliphatic rings. The van der Waals surface area contributed by atoms with Gasteiger partial charge in [-0.1, -0.05) is 0 Å². The van der Waals surface area contributed by atoms with Crippen molar-refractivity contribution in [3.63, 3.8) is 0 Å². The van der Waals surface area contributed by atoms with Crippen LogP contribution in [0.3, 0.4) is 0 Å². The quantitative estimate of drug-likeness (QED) is 0.913. The van der Waals surface area contributed by atoms with Gasteiger partial charge in [-0.05, 0) is 68.0 Å². The zero-order chi connectivity index (χ0) is 14.1. The molecule has 1 aromatic carbocycles. The second kappa shape index (κ2) is 5.29. The molecule has 0 amide bonds. The average molecular weight is 271 g/mol. The Balaban J connectivity index is 1.94. The standard InChI is InChI=1S/C16H18FN3/c1-10-6-12(3-4-14(10)17)16-19-9-13-7-11(8-18)2-5-15(13)20-16/h3-4,6,9,11H,2,5,7-8,18H2,1H3. The number of fused-ring (bicyclic) bond motifs is 1. The second-order valence-electron chi connectivity index (χ2n) is 5.47. The van der Waals surface area contributed by atoms with E-state index in [0.29, 0.717) is 17.3 Å². The van der Waals surface area contributed by atoms with Gasteiger partial charge in [-0.3, -0.25) is 0 Å². The molecular formula is C16H18FN3. The number of hydrogen-bond acceptors (Lipinski definition) is 3. The molecule has 2 N–H and O–H groups in total. The van der Waals surface area contributed by atoms with Crippen molar-refractivity contribution in [2.45, 2.75) is 26.2 Å². The van der Waals surface area contributed by atoms with Gasteiger partial charge in [0.05, 0.1) is 0 Å². The Kier molecular flexibility index (Phi) is 3.49. The summed E-state index contributed by atoms with van der Waals surface area (Å²) in [6.07, 6.45) is 4.90. The first-order valence-electron chi connectivity index (χ1n) is 6.98. The number of nitrogens with zero attached hydrogens (tertiary/aromatic N) is 2. The van der Waals surface area contributed by atoms with Crippen molar-refractivity contribution in [2.75, 3.05) is 6.54 Å². The summed E-state index contributed by atoms with van der Waals surface area (Å²) in [4.78, 5) is 9.08. The van der Waals surface area contributed by atoms with Gasteiger partial charge in [0.25, 0.3) is 0 Å². The van der Waals surface area contributed by atoms with Crippen LogP contribution in [0.4, 0.5) is 4.39 Å². The van der Waals surface area contributed by atoms with Crippen LogP contribution in [-0.4, -0.2) is 16.5 Å². The monoisotopic (exact) mass is 271 g/mol. The van der Waals surface area contributed by atoms with E-state index in [-0.39, 0.29) is 5.82 Å². The van der Waals surface area contributed by atoms with Gasteiger partial charge in [0.15, 0.2) is 5.82 Å².